The molecule has 1 aliphatic heterocycles. The average molecular weight is 247 g/mol. The van der Waals surface area contributed by atoms with Crippen LogP contribution in [0.3, 0.4) is 0 Å². The van der Waals surface area contributed by atoms with E-state index in [-0.39, 0.29) is 11.8 Å². The van der Waals surface area contributed by atoms with Gasteiger partial charge in [-0.2, -0.15) is 0 Å². The van der Waals surface area contributed by atoms with E-state index in [9.17, 15) is 4.79 Å². The van der Waals surface area contributed by atoms with Crippen molar-refractivity contribution in [1.82, 2.24) is 0 Å². The molecule has 0 amide bonds. The van der Waals surface area contributed by atoms with E-state index in [4.69, 9.17) is 10.5 Å². The first-order chi connectivity index (χ1) is 8.75. The molecular weight excluding hydrogens is 226 g/mol. The highest BCUT2D eigenvalue weighted by Gasteiger charge is 2.19. The van der Waals surface area contributed by atoms with Crippen molar-refractivity contribution in [3.63, 3.8) is 0 Å². The van der Waals surface area contributed by atoms with E-state index in [2.05, 4.69) is 0 Å². The molecular formula is C15H21NO2. The Hall–Kier alpha value is -1.19. The van der Waals surface area contributed by atoms with Gasteiger partial charge in [0.05, 0.1) is 0 Å². The number of benzene rings is 1. The highest BCUT2D eigenvalue weighted by Crippen LogP contribution is 2.22. The molecule has 1 aliphatic rings. The van der Waals surface area contributed by atoms with Gasteiger partial charge in [0.1, 0.15) is 5.78 Å². The lowest BCUT2D eigenvalue weighted by atomic mass is 9.91. The van der Waals surface area contributed by atoms with E-state index in [0.717, 1.165) is 31.6 Å². The van der Waals surface area contributed by atoms with Gasteiger partial charge < -0.3 is 10.5 Å². The summed E-state index contributed by atoms with van der Waals surface area (Å²) in [6.45, 7) is 1.59. The maximum atomic E-state index is 12.0. The molecule has 1 fully saturated rings. The van der Waals surface area contributed by atoms with Gasteiger partial charge in [-0.3, -0.25) is 4.79 Å². The van der Waals surface area contributed by atoms with Crippen molar-refractivity contribution in [2.75, 3.05) is 13.2 Å². The second kappa shape index (κ2) is 6.66. The van der Waals surface area contributed by atoms with Crippen molar-refractivity contribution >= 4 is 5.78 Å². The summed E-state index contributed by atoms with van der Waals surface area (Å²) in [4.78, 5) is 12.0. The van der Waals surface area contributed by atoms with Crippen molar-refractivity contribution in [1.29, 1.82) is 0 Å². The first-order valence-corrected chi connectivity index (χ1v) is 6.65. The second-order valence-electron chi connectivity index (χ2n) is 5.02. The molecule has 0 aliphatic carbocycles. The number of carbonyl (C=O) groups excluding carboxylic acids is 1. The van der Waals surface area contributed by atoms with Gasteiger partial charge in [-0.25, -0.2) is 0 Å². The Morgan fingerprint density at radius 3 is 2.61 bits per heavy atom. The number of ether oxygens (including phenoxy) is 1. The third kappa shape index (κ3) is 3.93. The van der Waals surface area contributed by atoms with Gasteiger partial charge in [0.25, 0.3) is 0 Å². The Morgan fingerprint density at radius 1 is 1.28 bits per heavy atom. The Bertz CT molecular complexity index is 371. The van der Waals surface area contributed by atoms with Crippen LogP contribution in [-0.2, 0) is 9.53 Å². The fraction of sp³-hybridized carbons (Fsp3) is 0.533. The van der Waals surface area contributed by atoms with Crippen molar-refractivity contribution in [3.8, 4) is 0 Å². The molecule has 1 saturated heterocycles. The maximum absolute atomic E-state index is 12.0. The fourth-order valence-electron chi connectivity index (χ4n) is 2.42. The molecule has 3 nitrogen and oxygen atoms in total. The summed E-state index contributed by atoms with van der Waals surface area (Å²) >= 11 is 0. The number of carbonyl (C=O) groups is 1. The topological polar surface area (TPSA) is 52.3 Å². The van der Waals surface area contributed by atoms with Crippen LogP contribution in [0.2, 0.25) is 0 Å². The third-order valence-corrected chi connectivity index (χ3v) is 3.53. The second-order valence-corrected chi connectivity index (χ2v) is 5.02. The molecule has 1 unspecified atom stereocenters. The van der Waals surface area contributed by atoms with Gasteiger partial charge in [-0.1, -0.05) is 30.3 Å². The monoisotopic (exact) mass is 247 g/mol. The van der Waals surface area contributed by atoms with Gasteiger partial charge in [-0.15, -0.1) is 0 Å². The normalized spacial score (nSPS) is 18.5. The molecule has 18 heavy (non-hydrogen) atoms. The van der Waals surface area contributed by atoms with Gasteiger partial charge in [0.15, 0.2) is 0 Å². The molecule has 1 aromatic carbocycles. The summed E-state index contributed by atoms with van der Waals surface area (Å²) in [6, 6.07) is 9.66. The highest BCUT2D eigenvalue weighted by molar-refractivity contribution is 5.79. The lowest BCUT2D eigenvalue weighted by Crippen LogP contribution is -2.21. The predicted octanol–water partition coefficient (Wildman–Crippen LogP) is 2.46. The smallest absolute Gasteiger partial charge is 0.135 e. The summed E-state index contributed by atoms with van der Waals surface area (Å²) in [6.07, 6.45) is 3.11. The molecule has 3 heteroatoms. The van der Waals surface area contributed by atoms with Crippen LogP contribution >= 0.6 is 0 Å². The minimum atomic E-state index is -0.168. The molecule has 2 N–H and O–H groups in total. The number of ketones is 1. The molecule has 1 aromatic rings. The lowest BCUT2D eigenvalue weighted by molar-refractivity contribution is -0.121. The number of Topliss-reactive ketones (excluding diaryl/α,β-unsaturated/α-hetero) is 1. The van der Waals surface area contributed by atoms with E-state index in [0.29, 0.717) is 18.8 Å². The van der Waals surface area contributed by atoms with E-state index < -0.39 is 0 Å². The Morgan fingerprint density at radius 2 is 1.94 bits per heavy atom. The Kier molecular flexibility index (Phi) is 4.90. The maximum Gasteiger partial charge on any atom is 0.135 e. The quantitative estimate of drug-likeness (QED) is 0.869. The molecule has 1 atom stereocenters. The van der Waals surface area contributed by atoms with Crippen LogP contribution < -0.4 is 5.73 Å². The minimum Gasteiger partial charge on any atom is -0.381 e. The summed E-state index contributed by atoms with van der Waals surface area (Å²) in [7, 11) is 0. The zero-order valence-corrected chi connectivity index (χ0v) is 10.7. The molecule has 98 valence electrons. The molecule has 0 spiro atoms. The van der Waals surface area contributed by atoms with Crippen LogP contribution in [0, 0.1) is 5.92 Å². The first kappa shape index (κ1) is 13.2. The van der Waals surface area contributed by atoms with Crippen LogP contribution in [0.15, 0.2) is 30.3 Å². The molecule has 1 heterocycles. The third-order valence-electron chi connectivity index (χ3n) is 3.53. The molecule has 2 rings (SSSR count). The molecule has 0 aromatic heterocycles. The summed E-state index contributed by atoms with van der Waals surface area (Å²) in [5.41, 5.74) is 7.10. The van der Waals surface area contributed by atoms with Gasteiger partial charge in [-0.05, 0) is 24.3 Å². The number of hydrogen-bond acceptors (Lipinski definition) is 3. The van der Waals surface area contributed by atoms with Crippen molar-refractivity contribution in [2.24, 2.45) is 11.7 Å². The van der Waals surface area contributed by atoms with E-state index in [1.165, 1.54) is 0 Å². The van der Waals surface area contributed by atoms with Crippen LogP contribution in [0.1, 0.15) is 37.3 Å². The number of hydrogen-bond donors (Lipinski definition) is 1. The zero-order valence-electron chi connectivity index (χ0n) is 10.7. The van der Waals surface area contributed by atoms with Gasteiger partial charge >= 0.3 is 0 Å². The van der Waals surface area contributed by atoms with Crippen LogP contribution in [-0.4, -0.2) is 19.0 Å². The van der Waals surface area contributed by atoms with Gasteiger partial charge in [0.2, 0.25) is 0 Å². The van der Waals surface area contributed by atoms with E-state index in [1.807, 2.05) is 30.3 Å². The highest BCUT2D eigenvalue weighted by atomic mass is 16.5. The van der Waals surface area contributed by atoms with E-state index >= 15 is 0 Å². The average Bonchev–Trinajstić information content (AvgIpc) is 2.40. The summed E-state index contributed by atoms with van der Waals surface area (Å²) in [5, 5.41) is 0. The summed E-state index contributed by atoms with van der Waals surface area (Å²) < 4.78 is 5.30. The molecule has 0 bridgehead atoms. The van der Waals surface area contributed by atoms with Crippen LogP contribution in [0.25, 0.3) is 0 Å². The first-order valence-electron chi connectivity index (χ1n) is 6.65. The van der Waals surface area contributed by atoms with Gasteiger partial charge in [0, 0.05) is 32.1 Å². The fourth-order valence-corrected chi connectivity index (χ4v) is 2.42. The van der Waals surface area contributed by atoms with Crippen molar-refractivity contribution < 1.29 is 9.53 Å². The van der Waals surface area contributed by atoms with Crippen molar-refractivity contribution in [2.45, 2.75) is 31.7 Å². The predicted molar refractivity (Wildman–Crippen MR) is 71.2 cm³/mol. The minimum absolute atomic E-state index is 0.168. The Balaban J connectivity index is 1.80. The van der Waals surface area contributed by atoms with Crippen molar-refractivity contribution in [3.05, 3.63) is 35.9 Å². The largest absolute Gasteiger partial charge is 0.381 e. The number of rotatable bonds is 5. The lowest BCUT2D eigenvalue weighted by Gasteiger charge is -2.21. The molecule has 0 radical (unpaired) electrons. The Labute approximate surface area is 108 Å². The van der Waals surface area contributed by atoms with Crippen LogP contribution in [0.4, 0.5) is 0 Å². The zero-order chi connectivity index (χ0) is 12.8. The standard InChI is InChI=1S/C15H21NO2/c16-15(13-4-2-1-3-5-13)11-14(17)10-12-6-8-18-9-7-12/h1-5,12,15H,6-11,16H2. The SMILES string of the molecule is NC(CC(=O)CC1CCOCC1)c1ccccc1. The van der Waals surface area contributed by atoms with Crippen LogP contribution in [0.5, 0.6) is 0 Å². The van der Waals surface area contributed by atoms with E-state index in [1.54, 1.807) is 0 Å². The molecule has 0 saturated carbocycles. The number of nitrogens with two attached hydrogens (primary N) is 1. The summed E-state index contributed by atoms with van der Waals surface area (Å²) in [5.74, 6) is 0.771.